The van der Waals surface area contributed by atoms with Crippen LogP contribution in [0.3, 0.4) is 0 Å². The summed E-state index contributed by atoms with van der Waals surface area (Å²) in [6.45, 7) is 4.74. The Balaban J connectivity index is 1.64. The zero-order chi connectivity index (χ0) is 22.7. The summed E-state index contributed by atoms with van der Waals surface area (Å²) in [5, 5.41) is 3.80. The van der Waals surface area contributed by atoms with Crippen LogP contribution in [-0.2, 0) is 9.47 Å². The summed E-state index contributed by atoms with van der Waals surface area (Å²) in [7, 11) is 1.57. The number of nitrogens with zero attached hydrogens (tertiary/aromatic N) is 1. The molecular formula is C25H31N3O4. The number of carbonyl (C=O) groups excluding carboxylic acids is 1. The SMILES string of the molecule is CCOc1ccc2c(N)c(-c3ccc(NC(=O)OC(C)COC)cc3)n(C3CCC3)c2c1. The number of methoxy groups -OCH3 is 1. The molecule has 4 rings (SSSR count). The van der Waals surface area contributed by atoms with Crippen LogP contribution >= 0.6 is 0 Å². The molecule has 0 radical (unpaired) electrons. The number of nitrogens with one attached hydrogen (secondary N) is 1. The molecular weight excluding hydrogens is 406 g/mol. The van der Waals surface area contributed by atoms with Crippen molar-refractivity contribution in [1.82, 2.24) is 4.57 Å². The predicted octanol–water partition coefficient (Wildman–Crippen LogP) is 5.60. The average molecular weight is 438 g/mol. The first-order valence-corrected chi connectivity index (χ1v) is 11.1. The van der Waals surface area contributed by atoms with Crippen LogP contribution < -0.4 is 15.8 Å². The highest BCUT2D eigenvalue weighted by Crippen LogP contribution is 2.44. The Morgan fingerprint density at radius 2 is 1.97 bits per heavy atom. The Labute approximate surface area is 188 Å². The molecule has 3 aromatic rings. The van der Waals surface area contributed by atoms with E-state index in [1.54, 1.807) is 14.0 Å². The third kappa shape index (κ3) is 4.39. The number of fused-ring (bicyclic) bond motifs is 1. The third-order valence-electron chi connectivity index (χ3n) is 5.88. The summed E-state index contributed by atoms with van der Waals surface area (Å²) in [4.78, 5) is 12.1. The van der Waals surface area contributed by atoms with Gasteiger partial charge in [-0.2, -0.15) is 0 Å². The molecule has 1 unspecified atom stereocenters. The number of nitrogens with two attached hydrogens (primary N) is 1. The van der Waals surface area contributed by atoms with Gasteiger partial charge in [-0.1, -0.05) is 12.1 Å². The van der Waals surface area contributed by atoms with Crippen LogP contribution in [0, 0.1) is 0 Å². The van der Waals surface area contributed by atoms with Crippen LogP contribution in [-0.4, -0.2) is 37.1 Å². The molecule has 0 aliphatic heterocycles. The molecule has 1 aliphatic carbocycles. The minimum Gasteiger partial charge on any atom is -0.494 e. The number of anilines is 2. The van der Waals surface area contributed by atoms with Gasteiger partial charge in [-0.25, -0.2) is 4.79 Å². The monoisotopic (exact) mass is 437 g/mol. The normalized spacial score (nSPS) is 14.7. The van der Waals surface area contributed by atoms with Crippen molar-refractivity contribution < 1.29 is 19.0 Å². The second kappa shape index (κ2) is 9.53. The fraction of sp³-hybridized carbons (Fsp3) is 0.400. The van der Waals surface area contributed by atoms with Crippen molar-refractivity contribution in [1.29, 1.82) is 0 Å². The van der Waals surface area contributed by atoms with E-state index < -0.39 is 6.09 Å². The maximum Gasteiger partial charge on any atom is 0.411 e. The van der Waals surface area contributed by atoms with Gasteiger partial charge in [0, 0.05) is 35.9 Å². The first-order valence-electron chi connectivity index (χ1n) is 11.1. The lowest BCUT2D eigenvalue weighted by molar-refractivity contribution is 0.0564. The van der Waals surface area contributed by atoms with Gasteiger partial charge in [0.2, 0.25) is 0 Å². The number of amides is 1. The minimum atomic E-state index is -0.506. The molecule has 0 bridgehead atoms. The highest BCUT2D eigenvalue weighted by molar-refractivity contribution is 6.01. The summed E-state index contributed by atoms with van der Waals surface area (Å²) in [6.07, 6.45) is 2.68. The van der Waals surface area contributed by atoms with Crippen molar-refractivity contribution in [3.8, 4) is 17.0 Å². The van der Waals surface area contributed by atoms with Crippen molar-refractivity contribution in [3.63, 3.8) is 0 Å². The van der Waals surface area contributed by atoms with Gasteiger partial charge in [0.15, 0.2) is 0 Å². The quantitative estimate of drug-likeness (QED) is 0.479. The van der Waals surface area contributed by atoms with Crippen LogP contribution in [0.15, 0.2) is 42.5 Å². The van der Waals surface area contributed by atoms with Crippen LogP contribution in [0.1, 0.15) is 39.2 Å². The van der Waals surface area contributed by atoms with E-state index in [-0.39, 0.29) is 6.10 Å². The molecule has 1 amide bonds. The fourth-order valence-corrected chi connectivity index (χ4v) is 4.20. The fourth-order valence-electron chi connectivity index (χ4n) is 4.20. The molecule has 0 spiro atoms. The molecule has 32 heavy (non-hydrogen) atoms. The number of hydrogen-bond donors (Lipinski definition) is 2. The average Bonchev–Trinajstić information content (AvgIpc) is 2.99. The Hall–Kier alpha value is -3.19. The Morgan fingerprint density at radius 1 is 1.22 bits per heavy atom. The molecule has 1 heterocycles. The first kappa shape index (κ1) is 22.0. The van der Waals surface area contributed by atoms with Crippen LogP contribution in [0.4, 0.5) is 16.2 Å². The lowest BCUT2D eigenvalue weighted by Crippen LogP contribution is -2.23. The zero-order valence-corrected chi connectivity index (χ0v) is 18.9. The maximum atomic E-state index is 12.1. The minimum absolute atomic E-state index is 0.321. The number of nitrogen functional groups attached to an aromatic ring is 1. The molecule has 1 fully saturated rings. The van der Waals surface area contributed by atoms with Gasteiger partial charge in [0.05, 0.1) is 30.1 Å². The standard InChI is InChI=1S/C25H31N3O4/c1-4-31-20-12-13-21-22(14-20)28(19-6-5-7-19)24(23(21)26)17-8-10-18(11-9-17)27-25(29)32-16(2)15-30-3/h8-14,16,19H,4-7,15,26H2,1-3H3,(H,27,29). The summed E-state index contributed by atoms with van der Waals surface area (Å²) in [6, 6.07) is 14.2. The predicted molar refractivity (Wildman–Crippen MR) is 127 cm³/mol. The van der Waals surface area contributed by atoms with Gasteiger partial charge in [-0.3, -0.25) is 5.32 Å². The number of ether oxygens (including phenoxy) is 3. The number of hydrogen-bond acceptors (Lipinski definition) is 5. The summed E-state index contributed by atoms with van der Waals surface area (Å²) < 4.78 is 18.4. The Morgan fingerprint density at radius 3 is 2.59 bits per heavy atom. The highest BCUT2D eigenvalue weighted by Gasteiger charge is 2.27. The van der Waals surface area contributed by atoms with Crippen LogP contribution in [0.2, 0.25) is 0 Å². The largest absolute Gasteiger partial charge is 0.494 e. The number of rotatable bonds is 8. The van der Waals surface area contributed by atoms with Crippen molar-refractivity contribution in [2.45, 2.75) is 45.3 Å². The van der Waals surface area contributed by atoms with E-state index in [2.05, 4.69) is 16.0 Å². The van der Waals surface area contributed by atoms with E-state index in [0.29, 0.717) is 24.9 Å². The van der Waals surface area contributed by atoms with Crippen molar-refractivity contribution in [3.05, 3.63) is 42.5 Å². The van der Waals surface area contributed by atoms with E-state index in [0.717, 1.165) is 46.4 Å². The van der Waals surface area contributed by atoms with Gasteiger partial charge in [0.25, 0.3) is 0 Å². The lowest BCUT2D eigenvalue weighted by atomic mass is 9.92. The molecule has 3 N–H and O–H groups in total. The zero-order valence-electron chi connectivity index (χ0n) is 18.9. The van der Waals surface area contributed by atoms with E-state index in [1.807, 2.05) is 43.3 Å². The van der Waals surface area contributed by atoms with Crippen molar-refractivity contribution >= 4 is 28.4 Å². The molecule has 0 saturated heterocycles. The first-order chi connectivity index (χ1) is 15.5. The lowest BCUT2D eigenvalue weighted by Gasteiger charge is -2.30. The molecule has 1 atom stereocenters. The maximum absolute atomic E-state index is 12.1. The van der Waals surface area contributed by atoms with E-state index in [9.17, 15) is 4.79 Å². The van der Waals surface area contributed by atoms with Crippen LogP contribution in [0.5, 0.6) is 5.75 Å². The Bertz CT molecular complexity index is 1090. The van der Waals surface area contributed by atoms with Crippen LogP contribution in [0.25, 0.3) is 22.2 Å². The molecule has 7 heteroatoms. The number of carbonyl (C=O) groups is 1. The second-order valence-corrected chi connectivity index (χ2v) is 8.20. The molecule has 2 aromatic carbocycles. The molecule has 170 valence electrons. The van der Waals surface area contributed by atoms with E-state index in [4.69, 9.17) is 19.9 Å². The third-order valence-corrected chi connectivity index (χ3v) is 5.88. The molecule has 1 saturated carbocycles. The highest BCUT2D eigenvalue weighted by atomic mass is 16.6. The smallest absolute Gasteiger partial charge is 0.411 e. The summed E-state index contributed by atoms with van der Waals surface area (Å²) in [5.74, 6) is 0.852. The van der Waals surface area contributed by atoms with Gasteiger partial charge >= 0.3 is 6.09 Å². The topological polar surface area (TPSA) is 87.7 Å². The van der Waals surface area contributed by atoms with E-state index in [1.165, 1.54) is 6.42 Å². The van der Waals surface area contributed by atoms with Gasteiger partial charge in [-0.05, 0) is 57.4 Å². The number of aromatic nitrogens is 1. The second-order valence-electron chi connectivity index (χ2n) is 8.20. The van der Waals surface area contributed by atoms with E-state index >= 15 is 0 Å². The summed E-state index contributed by atoms with van der Waals surface area (Å²) in [5.41, 5.74) is 11.2. The van der Waals surface area contributed by atoms with Gasteiger partial charge in [0.1, 0.15) is 11.9 Å². The Kier molecular flexibility index (Phi) is 6.55. The van der Waals surface area contributed by atoms with Crippen molar-refractivity contribution in [2.75, 3.05) is 31.4 Å². The molecule has 7 nitrogen and oxygen atoms in total. The van der Waals surface area contributed by atoms with Gasteiger partial charge < -0.3 is 24.5 Å². The van der Waals surface area contributed by atoms with Gasteiger partial charge in [-0.15, -0.1) is 0 Å². The van der Waals surface area contributed by atoms with Crippen molar-refractivity contribution in [2.24, 2.45) is 0 Å². The summed E-state index contributed by atoms with van der Waals surface area (Å²) >= 11 is 0. The molecule has 1 aliphatic rings. The molecule has 1 aromatic heterocycles. The number of benzene rings is 2.